The van der Waals surface area contributed by atoms with Gasteiger partial charge in [0.1, 0.15) is 28.4 Å². The van der Waals surface area contributed by atoms with Gasteiger partial charge in [0.15, 0.2) is 5.65 Å². The fourth-order valence-corrected chi connectivity index (χ4v) is 6.29. The molecule has 3 heterocycles. The molecule has 0 fully saturated rings. The number of ether oxygens (including phenoxy) is 3. The van der Waals surface area contributed by atoms with Crippen LogP contribution in [0.25, 0.3) is 44.6 Å². The van der Waals surface area contributed by atoms with Gasteiger partial charge in [0.25, 0.3) is 0 Å². The summed E-state index contributed by atoms with van der Waals surface area (Å²) in [5, 5.41) is 0.903. The van der Waals surface area contributed by atoms with Crippen LogP contribution in [0.4, 0.5) is 0 Å². The predicted molar refractivity (Wildman–Crippen MR) is 178 cm³/mol. The van der Waals surface area contributed by atoms with Gasteiger partial charge in [-0.3, -0.25) is 0 Å². The maximum atomic E-state index is 12.5. The summed E-state index contributed by atoms with van der Waals surface area (Å²) in [5.74, 6) is 1.13. The molecule has 0 spiro atoms. The van der Waals surface area contributed by atoms with E-state index in [0.717, 1.165) is 62.8 Å². The van der Waals surface area contributed by atoms with Gasteiger partial charge in [-0.05, 0) is 57.7 Å². The van der Waals surface area contributed by atoms with Crippen molar-refractivity contribution in [1.82, 2.24) is 14.5 Å². The van der Waals surface area contributed by atoms with Crippen LogP contribution in [-0.2, 0) is 27.2 Å². The number of carbonyl (C=O) groups is 1. The van der Waals surface area contributed by atoms with Crippen LogP contribution in [0, 0.1) is 0 Å². The molecule has 0 saturated heterocycles. The lowest BCUT2D eigenvalue weighted by Crippen LogP contribution is -2.11. The van der Waals surface area contributed by atoms with E-state index >= 15 is 0 Å². The number of aromatic nitrogens is 3. The first-order chi connectivity index (χ1) is 22.0. The highest BCUT2D eigenvalue weighted by molar-refractivity contribution is 9.10. The fraction of sp³-hybridized carbons (Fsp3) is 0.250. The first-order valence-electron chi connectivity index (χ1n) is 14.9. The molecule has 3 aromatic heterocycles. The second-order valence-electron chi connectivity index (χ2n) is 10.8. The van der Waals surface area contributed by atoms with Crippen LogP contribution in [0.2, 0.25) is 0 Å². The summed E-state index contributed by atoms with van der Waals surface area (Å²) in [6.07, 6.45) is 2.25. The molecule has 6 rings (SSSR count). The Hall–Kier alpha value is -4.31. The van der Waals surface area contributed by atoms with Gasteiger partial charge in [-0.2, -0.15) is 0 Å². The average molecular weight is 669 g/mol. The molecule has 0 aliphatic rings. The molecule has 0 aliphatic heterocycles. The number of imidazole rings is 1. The molecule has 0 saturated carbocycles. The maximum absolute atomic E-state index is 12.5. The summed E-state index contributed by atoms with van der Waals surface area (Å²) in [6.45, 7) is 2.73. The van der Waals surface area contributed by atoms with E-state index in [-0.39, 0.29) is 0 Å². The van der Waals surface area contributed by atoms with Crippen molar-refractivity contribution in [1.29, 1.82) is 0 Å². The van der Waals surface area contributed by atoms with Crippen LogP contribution in [0.5, 0.6) is 0 Å². The molecular weight excluding hydrogens is 634 g/mol. The minimum absolute atomic E-state index is 0.420. The number of methoxy groups -OCH3 is 3. The molecule has 0 atom stereocenters. The highest BCUT2D eigenvalue weighted by Gasteiger charge is 2.24. The SMILES string of the molecule is CCCCc1nc2cc(-c3ccccc3)c(C(OC)OC)nc2n1Cc1ccc2oc(-c3ccccc3C(=O)OC)c(Br)c2c1. The molecule has 6 aromatic rings. The minimum Gasteiger partial charge on any atom is -0.465 e. The summed E-state index contributed by atoms with van der Waals surface area (Å²) in [4.78, 5) is 22.7. The van der Waals surface area contributed by atoms with E-state index in [1.807, 2.05) is 36.4 Å². The molecule has 45 heavy (non-hydrogen) atoms. The van der Waals surface area contributed by atoms with Gasteiger partial charge in [-0.15, -0.1) is 0 Å². The van der Waals surface area contributed by atoms with Crippen LogP contribution in [-0.4, -0.2) is 41.8 Å². The predicted octanol–water partition coefficient (Wildman–Crippen LogP) is 8.74. The van der Waals surface area contributed by atoms with E-state index in [0.29, 0.717) is 34.7 Å². The Morgan fingerprint density at radius 1 is 0.933 bits per heavy atom. The lowest BCUT2D eigenvalue weighted by Gasteiger charge is -2.17. The Morgan fingerprint density at radius 2 is 1.69 bits per heavy atom. The zero-order valence-electron chi connectivity index (χ0n) is 25.7. The zero-order chi connectivity index (χ0) is 31.5. The smallest absolute Gasteiger partial charge is 0.338 e. The number of unbranched alkanes of at least 4 members (excludes halogenated alkanes) is 1. The number of esters is 1. The Kier molecular flexibility index (Phi) is 9.11. The fourth-order valence-electron chi connectivity index (χ4n) is 5.69. The minimum atomic E-state index is -0.642. The van der Waals surface area contributed by atoms with E-state index < -0.39 is 12.3 Å². The number of benzene rings is 3. The van der Waals surface area contributed by atoms with Crippen molar-refractivity contribution in [3.63, 3.8) is 0 Å². The van der Waals surface area contributed by atoms with Crippen LogP contribution in [0.3, 0.4) is 0 Å². The second kappa shape index (κ2) is 13.4. The molecule has 8 nitrogen and oxygen atoms in total. The Labute approximate surface area is 270 Å². The monoisotopic (exact) mass is 667 g/mol. The van der Waals surface area contributed by atoms with E-state index in [9.17, 15) is 4.79 Å². The number of furan rings is 1. The number of fused-ring (bicyclic) bond motifs is 2. The second-order valence-corrected chi connectivity index (χ2v) is 11.6. The maximum Gasteiger partial charge on any atom is 0.338 e. The number of halogens is 1. The third-order valence-electron chi connectivity index (χ3n) is 7.93. The Balaban J connectivity index is 1.47. The topological polar surface area (TPSA) is 88.6 Å². The molecule has 0 bridgehead atoms. The molecule has 0 amide bonds. The first-order valence-corrected chi connectivity index (χ1v) is 15.7. The van der Waals surface area contributed by atoms with Crippen molar-refractivity contribution in [2.45, 2.75) is 39.0 Å². The van der Waals surface area contributed by atoms with E-state index in [2.05, 4.69) is 57.8 Å². The molecule has 0 unspecified atom stereocenters. The lowest BCUT2D eigenvalue weighted by molar-refractivity contribution is -0.108. The number of rotatable bonds is 11. The van der Waals surface area contributed by atoms with Gasteiger partial charge in [0.05, 0.1) is 23.7 Å². The highest BCUT2D eigenvalue weighted by atomic mass is 79.9. The molecule has 0 N–H and O–H groups in total. The number of hydrogen-bond donors (Lipinski definition) is 0. The summed E-state index contributed by atoms with van der Waals surface area (Å²) in [6, 6.07) is 25.6. The molecular formula is C36H34BrN3O5. The van der Waals surface area contributed by atoms with Gasteiger partial charge < -0.3 is 23.2 Å². The van der Waals surface area contributed by atoms with Gasteiger partial charge in [-0.1, -0.05) is 67.9 Å². The Bertz CT molecular complexity index is 1980. The quantitative estimate of drug-likeness (QED) is 0.101. The number of hydrogen-bond acceptors (Lipinski definition) is 7. The zero-order valence-corrected chi connectivity index (χ0v) is 27.3. The van der Waals surface area contributed by atoms with Crippen molar-refractivity contribution < 1.29 is 23.4 Å². The van der Waals surface area contributed by atoms with Crippen LogP contribution in [0.15, 0.2) is 87.8 Å². The van der Waals surface area contributed by atoms with Crippen molar-refractivity contribution in [3.05, 3.63) is 106 Å². The van der Waals surface area contributed by atoms with E-state index in [1.165, 1.54) is 7.11 Å². The third-order valence-corrected chi connectivity index (χ3v) is 8.72. The normalized spacial score (nSPS) is 11.6. The summed E-state index contributed by atoms with van der Waals surface area (Å²) < 4.78 is 25.6. The largest absolute Gasteiger partial charge is 0.465 e. The molecule has 9 heteroatoms. The summed E-state index contributed by atoms with van der Waals surface area (Å²) in [5.41, 5.74) is 7.09. The lowest BCUT2D eigenvalue weighted by atomic mass is 10.0. The molecule has 3 aromatic carbocycles. The van der Waals surface area contributed by atoms with Gasteiger partial charge in [-0.25, -0.2) is 14.8 Å². The number of aryl methyl sites for hydroxylation is 1. The Morgan fingerprint density at radius 3 is 2.42 bits per heavy atom. The first kappa shape index (κ1) is 30.7. The molecule has 230 valence electrons. The number of pyridine rings is 1. The number of carbonyl (C=O) groups excluding carboxylic acids is 1. The highest BCUT2D eigenvalue weighted by Crippen LogP contribution is 2.40. The average Bonchev–Trinajstić information content (AvgIpc) is 3.59. The van der Waals surface area contributed by atoms with Crippen molar-refractivity contribution >= 4 is 44.0 Å². The van der Waals surface area contributed by atoms with Gasteiger partial charge in [0, 0.05) is 37.2 Å². The summed E-state index contributed by atoms with van der Waals surface area (Å²) in [7, 11) is 4.61. The van der Waals surface area contributed by atoms with Gasteiger partial charge in [0.2, 0.25) is 6.29 Å². The van der Waals surface area contributed by atoms with Crippen LogP contribution >= 0.6 is 15.9 Å². The van der Waals surface area contributed by atoms with Crippen LogP contribution in [0.1, 0.15) is 53.5 Å². The number of nitrogens with zero attached hydrogens (tertiary/aromatic N) is 3. The standard InChI is InChI=1S/C36H34BrN3O5/c1-5-6-16-30-38-28-20-26(23-12-8-7-9-13-23)32(36(43-3)44-4)39-34(28)40(30)21-22-17-18-29-27(19-22)31(37)33(45-29)24-14-10-11-15-25(24)35(41)42-2/h7-15,17-20,36H,5-6,16,21H2,1-4H3. The molecule has 0 radical (unpaired) electrons. The van der Waals surface area contributed by atoms with Gasteiger partial charge >= 0.3 is 5.97 Å². The third kappa shape index (κ3) is 5.91. The summed E-state index contributed by atoms with van der Waals surface area (Å²) >= 11 is 3.76. The van der Waals surface area contributed by atoms with Crippen molar-refractivity contribution in [2.24, 2.45) is 0 Å². The van der Waals surface area contributed by atoms with Crippen molar-refractivity contribution in [2.75, 3.05) is 21.3 Å². The van der Waals surface area contributed by atoms with E-state index in [4.69, 9.17) is 28.6 Å². The van der Waals surface area contributed by atoms with E-state index in [1.54, 1.807) is 26.4 Å². The van der Waals surface area contributed by atoms with Crippen molar-refractivity contribution in [3.8, 4) is 22.5 Å². The van der Waals surface area contributed by atoms with Crippen LogP contribution < -0.4 is 0 Å². The molecule has 0 aliphatic carbocycles.